The Labute approximate surface area is 99.8 Å². The van der Waals surface area contributed by atoms with Gasteiger partial charge in [-0.15, -0.1) is 11.3 Å². The fourth-order valence-corrected chi connectivity index (χ4v) is 2.70. The topological polar surface area (TPSA) is 45.9 Å². The van der Waals surface area contributed by atoms with E-state index in [1.54, 1.807) is 6.07 Å². The number of halogens is 2. The minimum Gasteiger partial charge on any atom is -0.494 e. The molecule has 0 fully saturated rings. The summed E-state index contributed by atoms with van der Waals surface area (Å²) in [7, 11) is 1.49. The molecule has 6 heteroatoms. The van der Waals surface area contributed by atoms with Gasteiger partial charge in [-0.2, -0.15) is 5.26 Å². The molecule has 0 spiro atoms. The molecule has 76 valence electrons. The number of rotatable bonds is 1. The van der Waals surface area contributed by atoms with Crippen LogP contribution in [0.3, 0.4) is 0 Å². The van der Waals surface area contributed by atoms with E-state index in [-0.39, 0.29) is 0 Å². The molecule has 1 aromatic carbocycles. The summed E-state index contributed by atoms with van der Waals surface area (Å²) in [6.45, 7) is 0. The van der Waals surface area contributed by atoms with E-state index < -0.39 is 0 Å². The molecule has 0 radical (unpaired) electrons. The van der Waals surface area contributed by atoms with Crippen molar-refractivity contribution >= 4 is 44.8 Å². The standard InChI is InChI=1S/C9H4Cl2N2OS/c1-14-8-4(10)2-5-9(7(8)11)15-6(3-12)13-5/h2H,1H3. The number of hydrogen-bond donors (Lipinski definition) is 0. The van der Waals surface area contributed by atoms with Gasteiger partial charge in [-0.3, -0.25) is 0 Å². The van der Waals surface area contributed by atoms with Crippen LogP contribution in [-0.4, -0.2) is 12.1 Å². The molecule has 0 aliphatic rings. The first kappa shape index (κ1) is 10.5. The van der Waals surface area contributed by atoms with E-state index >= 15 is 0 Å². The molecule has 0 aliphatic heterocycles. The number of methoxy groups -OCH3 is 1. The molecule has 1 aromatic heterocycles. The minimum absolute atomic E-state index is 0.358. The number of aromatic nitrogens is 1. The summed E-state index contributed by atoms with van der Waals surface area (Å²) in [6.07, 6.45) is 0. The normalized spacial score (nSPS) is 10.3. The second kappa shape index (κ2) is 3.86. The molecule has 0 amide bonds. The van der Waals surface area contributed by atoms with Crippen LogP contribution in [0.1, 0.15) is 5.01 Å². The van der Waals surface area contributed by atoms with E-state index in [2.05, 4.69) is 4.98 Å². The van der Waals surface area contributed by atoms with Gasteiger partial charge in [0.05, 0.1) is 22.3 Å². The van der Waals surface area contributed by atoms with Crippen molar-refractivity contribution in [1.29, 1.82) is 5.26 Å². The van der Waals surface area contributed by atoms with Crippen molar-refractivity contribution < 1.29 is 4.74 Å². The van der Waals surface area contributed by atoms with E-state index in [1.165, 1.54) is 18.4 Å². The SMILES string of the molecule is COc1c(Cl)cc2nc(C#N)sc2c1Cl. The van der Waals surface area contributed by atoms with Crippen molar-refractivity contribution in [3.05, 3.63) is 21.1 Å². The summed E-state index contributed by atoms with van der Waals surface area (Å²) in [6, 6.07) is 3.60. The van der Waals surface area contributed by atoms with Crippen molar-refractivity contribution in [1.82, 2.24) is 4.98 Å². The molecule has 1 heterocycles. The van der Waals surface area contributed by atoms with Gasteiger partial charge >= 0.3 is 0 Å². The van der Waals surface area contributed by atoms with Gasteiger partial charge in [0, 0.05) is 0 Å². The van der Waals surface area contributed by atoms with Gasteiger partial charge in [0.25, 0.3) is 0 Å². The summed E-state index contributed by atoms with van der Waals surface area (Å²) in [4.78, 5) is 4.06. The Balaban J connectivity index is 2.83. The lowest BCUT2D eigenvalue weighted by molar-refractivity contribution is 0.416. The maximum absolute atomic E-state index is 8.72. The van der Waals surface area contributed by atoms with Gasteiger partial charge in [0.1, 0.15) is 11.1 Å². The summed E-state index contributed by atoms with van der Waals surface area (Å²) in [5.41, 5.74) is 0.618. The van der Waals surface area contributed by atoms with Crippen LogP contribution >= 0.6 is 34.5 Å². The largest absolute Gasteiger partial charge is 0.494 e. The van der Waals surface area contributed by atoms with Crippen molar-refractivity contribution in [3.63, 3.8) is 0 Å². The number of hydrogen-bond acceptors (Lipinski definition) is 4. The zero-order valence-corrected chi connectivity index (χ0v) is 9.87. The maximum Gasteiger partial charge on any atom is 0.195 e. The lowest BCUT2D eigenvalue weighted by Gasteiger charge is -2.04. The molecule has 15 heavy (non-hydrogen) atoms. The van der Waals surface area contributed by atoms with Crippen molar-refractivity contribution in [2.45, 2.75) is 0 Å². The van der Waals surface area contributed by atoms with Gasteiger partial charge < -0.3 is 4.74 Å². The van der Waals surface area contributed by atoms with Crippen LogP contribution < -0.4 is 4.74 Å². The van der Waals surface area contributed by atoms with Crippen LogP contribution in [0.2, 0.25) is 10.0 Å². The van der Waals surface area contributed by atoms with Crippen molar-refractivity contribution in [2.24, 2.45) is 0 Å². The maximum atomic E-state index is 8.72. The number of thiazole rings is 1. The number of nitrogens with zero attached hydrogens (tertiary/aromatic N) is 2. The molecular weight excluding hydrogens is 255 g/mol. The van der Waals surface area contributed by atoms with Crippen LogP contribution in [0.15, 0.2) is 6.07 Å². The van der Waals surface area contributed by atoms with Gasteiger partial charge in [0.2, 0.25) is 0 Å². The number of benzene rings is 1. The van der Waals surface area contributed by atoms with Crippen LogP contribution in [0, 0.1) is 11.3 Å². The first-order valence-corrected chi connectivity index (χ1v) is 5.47. The Morgan fingerprint density at radius 2 is 2.27 bits per heavy atom. The predicted octanol–water partition coefficient (Wildman–Crippen LogP) is 3.48. The zero-order chi connectivity index (χ0) is 11.0. The number of fused-ring (bicyclic) bond motifs is 1. The minimum atomic E-state index is 0.358. The highest BCUT2D eigenvalue weighted by molar-refractivity contribution is 7.19. The molecule has 0 atom stereocenters. The van der Waals surface area contributed by atoms with Crippen LogP contribution in [0.25, 0.3) is 10.2 Å². The summed E-state index contributed by atoms with van der Waals surface area (Å²) in [5.74, 6) is 0.416. The highest BCUT2D eigenvalue weighted by atomic mass is 35.5. The van der Waals surface area contributed by atoms with Crippen molar-refractivity contribution in [3.8, 4) is 11.8 Å². The molecule has 0 unspecified atom stereocenters. The first-order chi connectivity index (χ1) is 7.17. The fourth-order valence-electron chi connectivity index (χ4n) is 1.22. The summed E-state index contributed by atoms with van der Waals surface area (Å²) < 4.78 is 5.78. The number of nitriles is 1. The van der Waals surface area contributed by atoms with Crippen molar-refractivity contribution in [2.75, 3.05) is 7.11 Å². The molecule has 0 saturated carbocycles. The molecule has 2 aromatic rings. The van der Waals surface area contributed by atoms with Gasteiger partial charge in [-0.25, -0.2) is 4.98 Å². The van der Waals surface area contributed by atoms with Crippen LogP contribution in [0.4, 0.5) is 0 Å². The molecular formula is C9H4Cl2N2OS. The van der Waals surface area contributed by atoms with E-state index in [9.17, 15) is 0 Å². The van der Waals surface area contributed by atoms with E-state index in [4.69, 9.17) is 33.2 Å². The Kier molecular flexibility index (Phi) is 2.70. The molecule has 0 aliphatic carbocycles. The Hall–Kier alpha value is -1.02. The van der Waals surface area contributed by atoms with E-state index in [0.29, 0.717) is 26.3 Å². The van der Waals surface area contributed by atoms with Crippen LogP contribution in [-0.2, 0) is 0 Å². The van der Waals surface area contributed by atoms with Crippen LogP contribution in [0.5, 0.6) is 5.75 Å². The average Bonchev–Trinajstić information content (AvgIpc) is 2.61. The summed E-state index contributed by atoms with van der Waals surface area (Å²) in [5, 5.41) is 9.87. The molecule has 0 N–H and O–H groups in total. The fraction of sp³-hybridized carbons (Fsp3) is 0.111. The lowest BCUT2D eigenvalue weighted by Crippen LogP contribution is -1.85. The number of ether oxygens (including phenoxy) is 1. The third-order valence-corrected chi connectivity index (χ3v) is 3.58. The Morgan fingerprint density at radius 1 is 1.53 bits per heavy atom. The first-order valence-electron chi connectivity index (χ1n) is 3.90. The van der Waals surface area contributed by atoms with Gasteiger partial charge in [-0.05, 0) is 6.07 Å². The lowest BCUT2D eigenvalue weighted by atomic mass is 10.3. The molecule has 2 rings (SSSR count). The van der Waals surface area contributed by atoms with E-state index in [0.717, 1.165) is 4.70 Å². The second-order valence-electron chi connectivity index (χ2n) is 2.68. The highest BCUT2D eigenvalue weighted by Gasteiger charge is 2.15. The smallest absolute Gasteiger partial charge is 0.195 e. The zero-order valence-electron chi connectivity index (χ0n) is 7.54. The molecule has 3 nitrogen and oxygen atoms in total. The monoisotopic (exact) mass is 258 g/mol. The average molecular weight is 259 g/mol. The highest BCUT2D eigenvalue weighted by Crippen LogP contribution is 2.41. The van der Waals surface area contributed by atoms with Gasteiger partial charge in [-0.1, -0.05) is 23.2 Å². The third kappa shape index (κ3) is 1.63. The second-order valence-corrected chi connectivity index (χ2v) is 4.47. The third-order valence-electron chi connectivity index (χ3n) is 1.83. The molecule has 0 bridgehead atoms. The molecule has 0 saturated heterocycles. The Morgan fingerprint density at radius 3 is 2.87 bits per heavy atom. The summed E-state index contributed by atoms with van der Waals surface area (Å²) >= 11 is 13.2. The Bertz CT molecular complexity index is 573. The van der Waals surface area contributed by atoms with E-state index in [1.807, 2.05) is 6.07 Å². The quantitative estimate of drug-likeness (QED) is 0.787. The van der Waals surface area contributed by atoms with Gasteiger partial charge in [0.15, 0.2) is 10.8 Å². The predicted molar refractivity (Wildman–Crippen MR) is 60.9 cm³/mol.